The summed E-state index contributed by atoms with van der Waals surface area (Å²) in [5, 5.41) is 36.4. The van der Waals surface area contributed by atoms with Crippen molar-refractivity contribution in [2.75, 3.05) is 118 Å². The number of alkyl halides is 3. The van der Waals surface area contributed by atoms with Crippen LogP contribution in [0.5, 0.6) is 34.5 Å². The molecule has 764 valence electrons. The van der Waals surface area contributed by atoms with E-state index in [1.165, 1.54) is 41.5 Å². The maximum Gasteiger partial charge on any atom is 0.416 e. The molecule has 37 heteroatoms. The molecule has 7 amide bonds. The molecule has 0 spiro atoms. The number of hydrogen-bond acceptors (Lipinski definition) is 25. The molecule has 8 aliphatic heterocycles. The number of rotatable bonds is 17. The fourth-order valence-electron chi connectivity index (χ4n) is 19.3. The number of fused-ring (bicyclic) bond motifs is 3. The summed E-state index contributed by atoms with van der Waals surface area (Å²) in [4.78, 5) is 98.9. The molecule has 15 aromatic rings. The number of hydrogen-bond donors (Lipinski definition) is 3. The Morgan fingerprint density at radius 3 is 1.17 bits per heavy atom. The molecule has 0 atom stereocenters. The Morgan fingerprint density at radius 2 is 0.732 bits per heavy atom. The van der Waals surface area contributed by atoms with E-state index in [9.17, 15) is 56.2 Å². The highest BCUT2D eigenvalue weighted by molar-refractivity contribution is 6.33. The number of anilines is 1. The third-order valence-electron chi connectivity index (χ3n) is 27.5. The van der Waals surface area contributed by atoms with Crippen LogP contribution in [-0.2, 0) is 11.8 Å². The summed E-state index contributed by atoms with van der Waals surface area (Å²) in [6.07, 6.45) is 1.21. The highest BCUT2D eigenvalue weighted by Crippen LogP contribution is 2.44. The fourth-order valence-corrected chi connectivity index (χ4v) is 19.5. The highest BCUT2D eigenvalue weighted by Gasteiger charge is 2.40. The lowest BCUT2D eigenvalue weighted by molar-refractivity contribution is -0.138. The standard InChI is InChI=1S/C23H19F3N2O4.2C23H23N3O3.C22H20N2O5.C21H17ClFN3O4/c24-23(25,26)17-4-2-1-3-16(17)14-7-9-28(10-8-14)22(29)18-12-20(32-27-18)15-5-6-19-21(11-15)31-13-30-19;1-24-22(27)19-10-6-5-9-18(19)21-15-20(25-29-21)23(28)26-13-11-17(12-14-26)16-7-3-2-4-8-16;1-24-22(27)19-9-5-8-18(14-19)21-15-20(25-29-21)23(28)26-12-10-17(11-13-26)16-6-3-2-4-7-16;25-21(24-10-8-22(26,9-11-24)16-4-2-1-3-5-16)17-13-19(29-23-17)15-6-7-18-20(12-15)28-14-27-18;22-15-3-2-14(23)10-17(15)25-5-7-26(8-6-25)21(27)16-11-19(30-24-16)13-1-4-18-20(9-13)29-12-28-18/h1-6,11-12,14H,7-10,13H2;2-10,15,17H,11-14H2,1H3,(H,24,27);2-9,14-15,17H,10-13H2,1H3,(H,24,27);1-7,12-13,26H,8-11,14H2;1-4,9-11H,5-8,12H2. The van der Waals surface area contributed by atoms with Crippen molar-refractivity contribution < 1.29 is 107 Å². The number of carbonyl (C=O) groups excluding carboxylic acids is 7. The predicted octanol–water partition coefficient (Wildman–Crippen LogP) is 19.6. The van der Waals surface area contributed by atoms with Gasteiger partial charge in [-0.1, -0.05) is 177 Å². The van der Waals surface area contributed by atoms with Crippen LogP contribution >= 0.6 is 11.6 Å². The van der Waals surface area contributed by atoms with E-state index in [1.807, 2.05) is 81.4 Å². The molecule has 149 heavy (non-hydrogen) atoms. The number of piperazine rings is 1. The molecular formula is C112H102ClF4N13O19. The molecule has 5 aromatic heterocycles. The molecule has 13 heterocycles. The number of ether oxygens (including phenoxy) is 6. The number of likely N-dealkylation sites (tertiary alicyclic amines) is 4. The molecule has 5 fully saturated rings. The van der Waals surface area contributed by atoms with Gasteiger partial charge in [0.05, 0.1) is 27.4 Å². The van der Waals surface area contributed by atoms with Crippen molar-refractivity contribution in [3.63, 3.8) is 0 Å². The first-order chi connectivity index (χ1) is 72.4. The summed E-state index contributed by atoms with van der Waals surface area (Å²) in [6, 6.07) is 78.8. The van der Waals surface area contributed by atoms with E-state index in [4.69, 9.17) is 62.6 Å². The number of carbonyl (C=O) groups is 7. The van der Waals surface area contributed by atoms with Crippen LogP contribution in [0.1, 0.15) is 170 Å². The quantitative estimate of drug-likeness (QED) is 0.0713. The Hall–Kier alpha value is -16.9. The van der Waals surface area contributed by atoms with Gasteiger partial charge in [-0.15, -0.1) is 0 Å². The van der Waals surface area contributed by atoms with Crippen molar-refractivity contribution in [3.8, 4) is 91.1 Å². The second-order valence-corrected chi connectivity index (χ2v) is 36.9. The van der Waals surface area contributed by atoms with Gasteiger partial charge in [-0.2, -0.15) is 13.2 Å². The van der Waals surface area contributed by atoms with Crippen LogP contribution in [0.25, 0.3) is 56.6 Å². The summed E-state index contributed by atoms with van der Waals surface area (Å²) in [7, 11) is 3.16. The zero-order chi connectivity index (χ0) is 103. The van der Waals surface area contributed by atoms with E-state index in [1.54, 1.807) is 144 Å². The van der Waals surface area contributed by atoms with Gasteiger partial charge < -0.3 is 96.2 Å². The van der Waals surface area contributed by atoms with Gasteiger partial charge in [0.15, 0.2) is 91.8 Å². The van der Waals surface area contributed by atoms with Crippen LogP contribution < -0.4 is 44.0 Å². The normalized spacial score (nSPS) is 15.7. The SMILES string of the molecule is CNC(=O)c1cccc(-c2cc(C(=O)N3CCC(c4ccccc4)CC3)no2)c1.CNC(=O)c1ccccc1-c1cc(C(=O)N2CCC(c3ccccc3)CC2)no1.O=C(c1cc(-c2ccc3c(c2)OCO3)on1)N1CCC(O)(c2ccccc2)CC1.O=C(c1cc(-c2ccc3c(c2)OCO3)on1)N1CCC(c2ccccc2C(F)(F)F)CC1.O=C(c1cc(-c2ccc3c(c2)OCO3)on1)N1CCN(c2cc(F)ccc2Cl)CC1. The van der Waals surface area contributed by atoms with Crippen molar-refractivity contribution in [2.24, 2.45) is 0 Å². The van der Waals surface area contributed by atoms with Crippen molar-refractivity contribution in [3.05, 3.63) is 345 Å². The van der Waals surface area contributed by atoms with Gasteiger partial charge in [0.1, 0.15) is 5.82 Å². The molecule has 8 aliphatic rings. The second kappa shape index (κ2) is 45.4. The summed E-state index contributed by atoms with van der Waals surface area (Å²) in [6.45, 7) is 6.96. The molecule has 0 radical (unpaired) electrons. The maximum absolute atomic E-state index is 13.6. The molecule has 0 bridgehead atoms. The molecule has 0 unspecified atom stereocenters. The summed E-state index contributed by atoms with van der Waals surface area (Å²) < 4.78 is 113. The molecule has 0 aliphatic carbocycles. The lowest BCUT2D eigenvalue weighted by Crippen LogP contribution is -2.49. The molecule has 5 saturated heterocycles. The van der Waals surface area contributed by atoms with E-state index in [2.05, 4.69) is 84.9 Å². The lowest BCUT2D eigenvalue weighted by Gasteiger charge is -2.38. The van der Waals surface area contributed by atoms with Crippen LogP contribution in [0.2, 0.25) is 5.02 Å². The zero-order valence-corrected chi connectivity index (χ0v) is 81.8. The average molecular weight is 2050 g/mol. The Morgan fingerprint density at radius 1 is 0.362 bits per heavy atom. The number of nitrogens with one attached hydrogen (secondary N) is 2. The summed E-state index contributed by atoms with van der Waals surface area (Å²) in [5.41, 5.74) is 8.71. The van der Waals surface area contributed by atoms with Crippen molar-refractivity contribution in [1.29, 1.82) is 0 Å². The number of aromatic nitrogens is 5. The third-order valence-corrected chi connectivity index (χ3v) is 27.8. The van der Waals surface area contributed by atoms with Crippen molar-refractivity contribution in [2.45, 2.75) is 80.9 Å². The fraction of sp³-hybridized carbons (Fsp3) is 0.268. The number of nitrogens with zero attached hydrogens (tertiary/aromatic N) is 11. The van der Waals surface area contributed by atoms with Gasteiger partial charge in [-0.3, -0.25) is 33.6 Å². The van der Waals surface area contributed by atoms with Gasteiger partial charge in [0.25, 0.3) is 41.4 Å². The monoisotopic (exact) mass is 2040 g/mol. The molecule has 32 nitrogen and oxygen atoms in total. The Kier molecular flexibility index (Phi) is 30.7. The minimum Gasteiger partial charge on any atom is -0.454 e. The highest BCUT2D eigenvalue weighted by atomic mass is 35.5. The predicted molar refractivity (Wildman–Crippen MR) is 538 cm³/mol. The maximum atomic E-state index is 13.6. The first-order valence-electron chi connectivity index (χ1n) is 48.8. The van der Waals surface area contributed by atoms with Gasteiger partial charge in [-0.25, -0.2) is 4.39 Å². The summed E-state index contributed by atoms with van der Waals surface area (Å²) >= 11 is 6.19. The first-order valence-corrected chi connectivity index (χ1v) is 49.2. The molecule has 3 N–H and O–H groups in total. The minimum atomic E-state index is -4.39. The molecular weight excluding hydrogens is 1940 g/mol. The Labute approximate surface area is 857 Å². The van der Waals surface area contributed by atoms with Crippen LogP contribution in [0.15, 0.2) is 290 Å². The Bertz CT molecular complexity index is 7310. The number of aliphatic hydroxyl groups is 1. The number of halogens is 5. The average Bonchev–Trinajstić information content (AvgIpc) is 1.75. The number of benzene rings is 10. The summed E-state index contributed by atoms with van der Waals surface area (Å²) in [5.74, 6) is 5.13. The van der Waals surface area contributed by atoms with E-state index in [0.717, 1.165) is 48.4 Å². The first kappa shape index (κ1) is 101. The lowest BCUT2D eigenvalue weighted by atomic mass is 9.84. The minimum absolute atomic E-state index is 0.117. The van der Waals surface area contributed by atoms with Gasteiger partial charge in [0, 0.05) is 156 Å². The number of piperidine rings is 4. The topological polar surface area (TPSA) is 369 Å². The van der Waals surface area contributed by atoms with Crippen molar-refractivity contribution >= 4 is 58.6 Å². The van der Waals surface area contributed by atoms with E-state index >= 15 is 0 Å². The van der Waals surface area contributed by atoms with Crippen LogP contribution in [0.3, 0.4) is 0 Å². The molecule has 23 rings (SSSR count). The van der Waals surface area contributed by atoms with Crippen LogP contribution in [0, 0.1) is 5.82 Å². The van der Waals surface area contributed by atoms with Crippen LogP contribution in [-0.4, -0.2) is 210 Å². The molecule has 0 saturated carbocycles. The molecule has 10 aromatic carbocycles. The third kappa shape index (κ3) is 23.3. The largest absolute Gasteiger partial charge is 0.454 e. The second-order valence-electron chi connectivity index (χ2n) is 36.5. The van der Waals surface area contributed by atoms with Crippen LogP contribution in [0.4, 0.5) is 23.2 Å². The van der Waals surface area contributed by atoms with E-state index in [-0.39, 0.29) is 96.2 Å². The smallest absolute Gasteiger partial charge is 0.416 e. The van der Waals surface area contributed by atoms with E-state index in [0.29, 0.717) is 229 Å². The van der Waals surface area contributed by atoms with Gasteiger partial charge in [0.2, 0.25) is 20.4 Å². The number of amides is 7. The Balaban J connectivity index is 0.000000117. The zero-order valence-electron chi connectivity index (χ0n) is 81.0. The van der Waals surface area contributed by atoms with Crippen molar-refractivity contribution in [1.82, 2.24) is 60.9 Å². The van der Waals surface area contributed by atoms with Gasteiger partial charge >= 0.3 is 6.18 Å². The van der Waals surface area contributed by atoms with E-state index < -0.39 is 17.3 Å². The van der Waals surface area contributed by atoms with Gasteiger partial charge in [-0.05, 0) is 188 Å².